The highest BCUT2D eigenvalue weighted by Gasteiger charge is 2.26. The van der Waals surface area contributed by atoms with E-state index < -0.39 is 10.0 Å². The number of fused-ring (bicyclic) bond motifs is 1. The Balaban J connectivity index is 1.48. The van der Waals surface area contributed by atoms with E-state index in [0.717, 1.165) is 55.6 Å². The predicted molar refractivity (Wildman–Crippen MR) is 142 cm³/mol. The van der Waals surface area contributed by atoms with Crippen molar-refractivity contribution >= 4 is 46.3 Å². The summed E-state index contributed by atoms with van der Waals surface area (Å²) in [5, 5.41) is 0.673. The molecule has 36 heavy (non-hydrogen) atoms. The van der Waals surface area contributed by atoms with E-state index in [4.69, 9.17) is 11.6 Å². The Morgan fingerprint density at radius 1 is 1.00 bits per heavy atom. The lowest BCUT2D eigenvalue weighted by Gasteiger charge is -2.33. The molecule has 1 fully saturated rings. The summed E-state index contributed by atoms with van der Waals surface area (Å²) in [6, 6.07) is 16.3. The number of aromatic nitrogens is 3. The average molecular weight is 522 g/mol. The summed E-state index contributed by atoms with van der Waals surface area (Å²) in [5.74, 6) is 0. The second-order valence-electron chi connectivity index (χ2n) is 8.95. The fourth-order valence-corrected chi connectivity index (χ4v) is 6.16. The van der Waals surface area contributed by atoms with Gasteiger partial charge < -0.3 is 9.61 Å². The molecule has 1 aliphatic heterocycles. The Kier molecular flexibility index (Phi) is 6.94. The minimum atomic E-state index is -3.95. The molecule has 0 N–H and O–H groups in total. The minimum Gasteiger partial charge on any atom is -0.336 e. The van der Waals surface area contributed by atoms with E-state index in [1.807, 2.05) is 31.2 Å². The first-order chi connectivity index (χ1) is 17.4. The quantitative estimate of drug-likeness (QED) is 0.210. The zero-order valence-electron chi connectivity index (χ0n) is 19.8. The molecular formula is C25H25BClN5O3S. The van der Waals surface area contributed by atoms with Gasteiger partial charge in [-0.2, -0.15) is 0 Å². The summed E-state index contributed by atoms with van der Waals surface area (Å²) in [6.45, 7) is 6.24. The average Bonchev–Trinajstić information content (AvgIpc) is 3.28. The third-order valence-corrected chi connectivity index (χ3v) is 8.54. The molecule has 3 heterocycles. The number of piperazine rings is 1. The van der Waals surface area contributed by atoms with Gasteiger partial charge in [-0.25, -0.2) is 22.4 Å². The van der Waals surface area contributed by atoms with Gasteiger partial charge in [-0.3, -0.25) is 4.90 Å². The van der Waals surface area contributed by atoms with Gasteiger partial charge in [0.25, 0.3) is 17.4 Å². The van der Waals surface area contributed by atoms with E-state index >= 15 is 0 Å². The van der Waals surface area contributed by atoms with E-state index in [-0.39, 0.29) is 15.7 Å². The van der Waals surface area contributed by atoms with E-state index in [1.54, 1.807) is 30.3 Å². The van der Waals surface area contributed by atoms with Crippen LogP contribution in [-0.4, -0.2) is 71.8 Å². The Labute approximate surface area is 215 Å². The van der Waals surface area contributed by atoms with Gasteiger partial charge in [0.15, 0.2) is 5.65 Å². The van der Waals surface area contributed by atoms with Crippen LogP contribution < -0.4 is 0 Å². The van der Waals surface area contributed by atoms with Crippen molar-refractivity contribution in [2.24, 2.45) is 0 Å². The van der Waals surface area contributed by atoms with E-state index in [0.29, 0.717) is 18.5 Å². The van der Waals surface area contributed by atoms with E-state index in [9.17, 15) is 13.2 Å². The van der Waals surface area contributed by atoms with Crippen LogP contribution in [0.25, 0.3) is 22.3 Å². The maximum absolute atomic E-state index is 13.8. The predicted octanol–water partition coefficient (Wildman–Crippen LogP) is 2.96. The van der Waals surface area contributed by atoms with Crippen molar-refractivity contribution in [3.8, 4) is 11.3 Å². The smallest absolute Gasteiger partial charge is 0.281 e. The topological polar surface area (TPSA) is 88.4 Å². The molecule has 4 aromatic rings. The molecule has 8 nitrogen and oxygen atoms in total. The molecule has 11 heteroatoms. The van der Waals surface area contributed by atoms with Crippen LogP contribution in [0, 0.1) is 6.92 Å². The van der Waals surface area contributed by atoms with Crippen LogP contribution in [0.2, 0.25) is 5.15 Å². The zero-order valence-corrected chi connectivity index (χ0v) is 21.4. The van der Waals surface area contributed by atoms with Crippen molar-refractivity contribution in [3.63, 3.8) is 0 Å². The summed E-state index contributed by atoms with van der Waals surface area (Å²) in [5.41, 5.74) is 3.55. The largest absolute Gasteiger partial charge is 0.336 e. The monoisotopic (exact) mass is 521 g/mol. The van der Waals surface area contributed by atoms with Crippen LogP contribution >= 0.6 is 11.6 Å². The molecule has 1 saturated heterocycles. The van der Waals surface area contributed by atoms with Gasteiger partial charge in [0, 0.05) is 32.7 Å². The lowest BCUT2D eigenvalue weighted by atomic mass is 9.93. The van der Waals surface area contributed by atoms with Gasteiger partial charge in [0.05, 0.1) is 22.2 Å². The van der Waals surface area contributed by atoms with Gasteiger partial charge in [0.1, 0.15) is 11.5 Å². The third-order valence-electron chi connectivity index (χ3n) is 6.52. The highest BCUT2D eigenvalue weighted by atomic mass is 35.5. The molecule has 0 radical (unpaired) electrons. The maximum atomic E-state index is 13.8. The molecule has 184 valence electrons. The molecule has 1 aliphatic rings. The van der Waals surface area contributed by atoms with Gasteiger partial charge >= 0.3 is 0 Å². The highest BCUT2D eigenvalue weighted by Crippen LogP contribution is 2.34. The first-order valence-corrected chi connectivity index (χ1v) is 13.5. The first-order valence-electron chi connectivity index (χ1n) is 11.7. The third kappa shape index (κ3) is 4.81. The van der Waals surface area contributed by atoms with Crippen LogP contribution in [0.15, 0.2) is 65.8 Å². The van der Waals surface area contributed by atoms with Crippen LogP contribution in [0.5, 0.6) is 0 Å². The van der Waals surface area contributed by atoms with E-state index in [1.165, 1.54) is 10.3 Å². The molecular weight excluding hydrogens is 497 g/mol. The molecule has 0 unspecified atom stereocenters. The van der Waals surface area contributed by atoms with Crippen molar-refractivity contribution in [1.29, 1.82) is 0 Å². The Morgan fingerprint density at radius 3 is 2.36 bits per heavy atom. The summed E-state index contributed by atoms with van der Waals surface area (Å²) in [6.07, 6.45) is 2.22. The molecule has 0 amide bonds. The maximum Gasteiger partial charge on any atom is 0.281 e. The lowest BCUT2D eigenvalue weighted by molar-refractivity contribution is 0.183. The highest BCUT2D eigenvalue weighted by molar-refractivity contribution is 7.90. The molecule has 0 aliphatic carbocycles. The number of benzene rings is 2. The molecule has 0 saturated carbocycles. The van der Waals surface area contributed by atoms with Gasteiger partial charge in [-0.1, -0.05) is 53.6 Å². The number of hydrogen-bond donors (Lipinski definition) is 0. The number of carbonyl (C=O) groups is 1. The number of carbonyl (C=O) groups excluding carboxylic acids is 1. The second kappa shape index (κ2) is 10.1. The van der Waals surface area contributed by atoms with Gasteiger partial charge in [0.2, 0.25) is 0 Å². The van der Waals surface area contributed by atoms with Crippen molar-refractivity contribution in [1.82, 2.24) is 23.7 Å². The van der Waals surface area contributed by atoms with Crippen molar-refractivity contribution in [2.45, 2.75) is 18.4 Å². The molecule has 0 spiro atoms. The van der Waals surface area contributed by atoms with E-state index in [2.05, 4.69) is 19.7 Å². The number of hydrogen-bond acceptors (Lipinski definition) is 7. The molecule has 2 aromatic heterocycles. The summed E-state index contributed by atoms with van der Waals surface area (Å²) in [7, 11) is -3.46. The zero-order chi connectivity index (χ0) is 25.3. The summed E-state index contributed by atoms with van der Waals surface area (Å²) in [4.78, 5) is 23.7. The van der Waals surface area contributed by atoms with Gasteiger partial charge in [-0.15, -0.1) is 0 Å². The van der Waals surface area contributed by atoms with Crippen LogP contribution in [0.4, 0.5) is 0 Å². The number of nitrogens with zero attached hydrogens (tertiary/aromatic N) is 5. The molecule has 2 aromatic carbocycles. The van der Waals surface area contributed by atoms with Crippen molar-refractivity contribution in [3.05, 3.63) is 77.2 Å². The molecule has 0 bridgehead atoms. The fraction of sp³-hybridized carbons (Fsp3) is 0.240. The van der Waals surface area contributed by atoms with Crippen LogP contribution in [0.1, 0.15) is 11.1 Å². The number of halogens is 1. The lowest BCUT2D eigenvalue weighted by Crippen LogP contribution is -2.47. The Morgan fingerprint density at radius 2 is 1.69 bits per heavy atom. The van der Waals surface area contributed by atoms with Crippen LogP contribution in [-0.2, 0) is 21.4 Å². The van der Waals surface area contributed by atoms with Crippen molar-refractivity contribution < 1.29 is 13.2 Å². The number of rotatable bonds is 7. The fourth-order valence-electron chi connectivity index (χ4n) is 4.50. The summed E-state index contributed by atoms with van der Waals surface area (Å²) >= 11 is 6.32. The Hall–Kier alpha value is -3.05. The van der Waals surface area contributed by atoms with Crippen molar-refractivity contribution in [2.75, 3.05) is 26.2 Å². The standard InChI is InChI=1S/C25H25BClN5O3S/c1-18-2-8-21(9-3-18)36(34,35)32-23(14-22-24(27)28-17-29-25(22)32)20-6-4-19(5-7-20)15-30-10-12-31(13-11-30)26-16-33/h2-9,14,16-17,26H,10-13,15H2,1H3. The van der Waals surface area contributed by atoms with Gasteiger partial charge in [-0.05, 0) is 36.2 Å². The van der Waals surface area contributed by atoms with Crippen LogP contribution in [0.3, 0.4) is 0 Å². The normalized spacial score (nSPS) is 15.3. The first kappa shape index (κ1) is 24.6. The SMILES string of the molecule is Cc1ccc(S(=O)(=O)n2c(-c3ccc(CN4CCN(BC=O)CC4)cc3)cc3c(Cl)ncnc32)cc1. The number of aryl methyl sites for hydroxylation is 1. The molecule has 5 rings (SSSR count). The summed E-state index contributed by atoms with van der Waals surface area (Å²) < 4.78 is 28.8. The molecule has 0 atom stereocenters. The second-order valence-corrected chi connectivity index (χ2v) is 11.1. The minimum absolute atomic E-state index is 0.173. The Bertz CT molecular complexity index is 1500.